The minimum absolute atomic E-state index is 0.219. The van der Waals surface area contributed by atoms with E-state index in [9.17, 15) is 4.79 Å². The van der Waals surface area contributed by atoms with Gasteiger partial charge >= 0.3 is 0 Å². The topological polar surface area (TPSA) is 54.9 Å². The Balaban J connectivity index is 2.17. The first-order chi connectivity index (χ1) is 7.79. The van der Waals surface area contributed by atoms with E-state index in [1.165, 1.54) is 17.4 Å². The first-order valence-electron chi connectivity index (χ1n) is 4.59. The van der Waals surface area contributed by atoms with Gasteiger partial charge in [0.1, 0.15) is 10.5 Å². The number of rotatable bonds is 3. The molecule has 0 atom stereocenters. The molecule has 0 unspecified atom stereocenters. The number of carbonyl (C=O) groups excluding carboxylic acids is 1. The standard InChI is InChI=1S/C11H9N3OS/c1-2-10(15)13-9-5-3-8(4-6-9)11-14-12-7-16-11/h2-7H,1H2,(H,13,15). The summed E-state index contributed by atoms with van der Waals surface area (Å²) >= 11 is 1.47. The first-order valence-corrected chi connectivity index (χ1v) is 5.47. The van der Waals surface area contributed by atoms with Crippen molar-refractivity contribution in [2.24, 2.45) is 0 Å². The Bertz CT molecular complexity index is 490. The van der Waals surface area contributed by atoms with Gasteiger partial charge < -0.3 is 5.32 Å². The summed E-state index contributed by atoms with van der Waals surface area (Å²) in [5.41, 5.74) is 3.40. The number of carbonyl (C=O) groups is 1. The molecule has 1 aromatic heterocycles. The highest BCUT2D eigenvalue weighted by Crippen LogP contribution is 2.22. The zero-order chi connectivity index (χ0) is 11.4. The fraction of sp³-hybridized carbons (Fsp3) is 0. The lowest BCUT2D eigenvalue weighted by atomic mass is 10.2. The molecule has 16 heavy (non-hydrogen) atoms. The Hall–Kier alpha value is -2.01. The van der Waals surface area contributed by atoms with Crippen molar-refractivity contribution in [3.8, 4) is 10.6 Å². The van der Waals surface area contributed by atoms with Gasteiger partial charge in [-0.05, 0) is 30.3 Å². The third-order valence-corrected chi connectivity index (χ3v) is 2.69. The number of nitrogens with zero attached hydrogens (tertiary/aromatic N) is 2. The van der Waals surface area contributed by atoms with Crippen LogP contribution in [0.5, 0.6) is 0 Å². The van der Waals surface area contributed by atoms with Gasteiger partial charge in [-0.1, -0.05) is 17.9 Å². The van der Waals surface area contributed by atoms with Crippen LogP contribution >= 0.6 is 11.3 Å². The Morgan fingerprint density at radius 3 is 2.69 bits per heavy atom. The Labute approximate surface area is 96.7 Å². The highest BCUT2D eigenvalue weighted by molar-refractivity contribution is 7.12. The minimum atomic E-state index is -0.219. The van der Waals surface area contributed by atoms with Crippen molar-refractivity contribution in [2.75, 3.05) is 5.32 Å². The lowest BCUT2D eigenvalue weighted by Crippen LogP contribution is -2.06. The van der Waals surface area contributed by atoms with Gasteiger partial charge in [-0.3, -0.25) is 4.79 Å². The van der Waals surface area contributed by atoms with E-state index < -0.39 is 0 Å². The number of hydrogen-bond donors (Lipinski definition) is 1. The monoisotopic (exact) mass is 231 g/mol. The normalized spacial score (nSPS) is 9.75. The molecular weight excluding hydrogens is 222 g/mol. The molecule has 5 heteroatoms. The van der Waals surface area contributed by atoms with E-state index >= 15 is 0 Å². The van der Waals surface area contributed by atoms with Crippen LogP contribution in [-0.2, 0) is 4.79 Å². The summed E-state index contributed by atoms with van der Waals surface area (Å²) in [6.45, 7) is 3.39. The average molecular weight is 231 g/mol. The fourth-order valence-electron chi connectivity index (χ4n) is 1.19. The van der Waals surface area contributed by atoms with E-state index in [2.05, 4.69) is 22.1 Å². The highest BCUT2D eigenvalue weighted by atomic mass is 32.1. The number of hydrogen-bond acceptors (Lipinski definition) is 4. The average Bonchev–Trinajstić information content (AvgIpc) is 2.83. The summed E-state index contributed by atoms with van der Waals surface area (Å²) in [6, 6.07) is 7.41. The maximum Gasteiger partial charge on any atom is 0.247 e. The molecule has 1 heterocycles. The largest absolute Gasteiger partial charge is 0.323 e. The van der Waals surface area contributed by atoms with Crippen molar-refractivity contribution in [1.29, 1.82) is 0 Å². The molecule has 0 saturated heterocycles. The van der Waals surface area contributed by atoms with E-state index in [0.29, 0.717) is 0 Å². The van der Waals surface area contributed by atoms with E-state index in [1.807, 2.05) is 24.3 Å². The van der Waals surface area contributed by atoms with Crippen LogP contribution in [0.4, 0.5) is 5.69 Å². The van der Waals surface area contributed by atoms with Crippen LogP contribution < -0.4 is 5.32 Å². The fourth-order valence-corrected chi connectivity index (χ4v) is 1.75. The summed E-state index contributed by atoms with van der Waals surface area (Å²) in [5, 5.41) is 11.3. The van der Waals surface area contributed by atoms with E-state index in [1.54, 1.807) is 5.51 Å². The number of amides is 1. The molecule has 80 valence electrons. The second-order valence-corrected chi connectivity index (χ2v) is 3.85. The van der Waals surface area contributed by atoms with Crippen LogP contribution in [0.1, 0.15) is 0 Å². The first kappa shape index (κ1) is 10.5. The quantitative estimate of drug-likeness (QED) is 0.825. The molecule has 0 aliphatic heterocycles. The number of aromatic nitrogens is 2. The molecule has 0 aliphatic rings. The lowest BCUT2D eigenvalue weighted by molar-refractivity contribution is -0.111. The molecule has 2 aromatic rings. The van der Waals surface area contributed by atoms with Gasteiger partial charge in [0.05, 0.1) is 0 Å². The number of nitrogens with one attached hydrogen (secondary N) is 1. The second-order valence-electron chi connectivity index (χ2n) is 3.01. The smallest absolute Gasteiger partial charge is 0.247 e. The maximum atomic E-state index is 11.0. The van der Waals surface area contributed by atoms with Crippen LogP contribution in [0, 0.1) is 0 Å². The van der Waals surface area contributed by atoms with Crippen molar-refractivity contribution in [1.82, 2.24) is 10.2 Å². The van der Waals surface area contributed by atoms with Gasteiger partial charge in [0.2, 0.25) is 5.91 Å². The molecule has 0 fully saturated rings. The zero-order valence-corrected chi connectivity index (χ0v) is 9.20. The summed E-state index contributed by atoms with van der Waals surface area (Å²) in [6.07, 6.45) is 1.23. The predicted octanol–water partition coefficient (Wildman–Crippen LogP) is 2.33. The molecule has 1 aromatic carbocycles. The summed E-state index contributed by atoms with van der Waals surface area (Å²) in [5.74, 6) is -0.219. The number of anilines is 1. The van der Waals surface area contributed by atoms with Gasteiger partial charge in [0.25, 0.3) is 0 Å². The molecule has 0 radical (unpaired) electrons. The lowest BCUT2D eigenvalue weighted by Gasteiger charge is -2.02. The van der Waals surface area contributed by atoms with Crippen LogP contribution in [-0.4, -0.2) is 16.1 Å². The molecule has 2 rings (SSSR count). The van der Waals surface area contributed by atoms with Gasteiger partial charge in [-0.2, -0.15) is 0 Å². The second kappa shape index (κ2) is 4.67. The van der Waals surface area contributed by atoms with E-state index in [4.69, 9.17) is 0 Å². The van der Waals surface area contributed by atoms with Crippen LogP contribution in [0.2, 0.25) is 0 Å². The van der Waals surface area contributed by atoms with Crippen molar-refractivity contribution >= 4 is 22.9 Å². The molecule has 1 amide bonds. The minimum Gasteiger partial charge on any atom is -0.323 e. The van der Waals surface area contributed by atoms with Crippen LogP contribution in [0.15, 0.2) is 42.4 Å². The third kappa shape index (κ3) is 2.32. The maximum absolute atomic E-state index is 11.0. The Morgan fingerprint density at radius 1 is 1.38 bits per heavy atom. The van der Waals surface area contributed by atoms with Gasteiger partial charge in [0, 0.05) is 11.3 Å². The summed E-state index contributed by atoms with van der Waals surface area (Å²) < 4.78 is 0. The molecule has 0 saturated carbocycles. The van der Waals surface area contributed by atoms with Gasteiger partial charge in [-0.25, -0.2) is 0 Å². The van der Waals surface area contributed by atoms with Gasteiger partial charge in [-0.15, -0.1) is 10.2 Å². The number of benzene rings is 1. The molecule has 1 N–H and O–H groups in total. The SMILES string of the molecule is C=CC(=O)Nc1ccc(-c2nncs2)cc1. The van der Waals surface area contributed by atoms with E-state index in [0.717, 1.165) is 16.3 Å². The summed E-state index contributed by atoms with van der Waals surface area (Å²) in [4.78, 5) is 11.0. The van der Waals surface area contributed by atoms with Crippen LogP contribution in [0.25, 0.3) is 10.6 Å². The molecular formula is C11H9N3OS. The molecule has 0 spiro atoms. The van der Waals surface area contributed by atoms with Crippen molar-refractivity contribution in [3.05, 3.63) is 42.4 Å². The van der Waals surface area contributed by atoms with E-state index in [-0.39, 0.29) is 5.91 Å². The third-order valence-electron chi connectivity index (χ3n) is 1.94. The molecule has 0 bridgehead atoms. The van der Waals surface area contributed by atoms with Crippen molar-refractivity contribution < 1.29 is 4.79 Å². The zero-order valence-electron chi connectivity index (χ0n) is 8.38. The Kier molecular flexibility index (Phi) is 3.07. The van der Waals surface area contributed by atoms with Gasteiger partial charge in [0.15, 0.2) is 0 Å². The summed E-state index contributed by atoms with van der Waals surface area (Å²) in [7, 11) is 0. The van der Waals surface area contributed by atoms with Crippen molar-refractivity contribution in [2.45, 2.75) is 0 Å². The molecule has 0 aliphatic carbocycles. The molecule has 4 nitrogen and oxygen atoms in total. The predicted molar refractivity (Wildman–Crippen MR) is 64.2 cm³/mol. The van der Waals surface area contributed by atoms with Crippen LogP contribution in [0.3, 0.4) is 0 Å². The highest BCUT2D eigenvalue weighted by Gasteiger charge is 2.01. The Morgan fingerprint density at radius 2 is 2.12 bits per heavy atom. The van der Waals surface area contributed by atoms with Crippen molar-refractivity contribution in [3.63, 3.8) is 0 Å².